The van der Waals surface area contributed by atoms with Crippen molar-refractivity contribution in [1.29, 1.82) is 0 Å². The summed E-state index contributed by atoms with van der Waals surface area (Å²) >= 11 is 0. The topological polar surface area (TPSA) is 72.8 Å². The fourth-order valence-electron chi connectivity index (χ4n) is 11.0. The smallest absolute Gasteiger partial charge is 0.306 e. The van der Waals surface area contributed by atoms with E-state index in [4.69, 9.17) is 9.47 Å². The fourth-order valence-corrected chi connectivity index (χ4v) is 11.0. The minimum absolute atomic E-state index is 0.0839. The molecule has 510 valence electrons. The van der Waals surface area contributed by atoms with E-state index in [0.717, 1.165) is 116 Å². The minimum atomic E-state index is -0.800. The van der Waals surface area contributed by atoms with Crippen molar-refractivity contribution < 1.29 is 24.2 Å². The summed E-state index contributed by atoms with van der Waals surface area (Å²) in [6.45, 7) is 4.04. The summed E-state index contributed by atoms with van der Waals surface area (Å²) in [6, 6.07) is 0. The van der Waals surface area contributed by atoms with Crippen molar-refractivity contribution in [2.75, 3.05) is 13.2 Å². The summed E-state index contributed by atoms with van der Waals surface area (Å²) in [7, 11) is 0. The number of allylic oxidation sites excluding steroid dienone is 22. The van der Waals surface area contributed by atoms with Crippen molar-refractivity contribution >= 4 is 11.9 Å². The molecule has 0 aromatic heterocycles. The van der Waals surface area contributed by atoms with Crippen LogP contribution in [-0.4, -0.2) is 36.4 Å². The number of ether oxygens (including phenoxy) is 2. The van der Waals surface area contributed by atoms with Crippen molar-refractivity contribution in [1.82, 2.24) is 0 Å². The second kappa shape index (κ2) is 78.3. The summed E-state index contributed by atoms with van der Waals surface area (Å²) in [4.78, 5) is 24.7. The molecule has 0 fully saturated rings. The largest absolute Gasteiger partial charge is 0.462 e. The normalized spacial score (nSPS) is 13.0. The third-order valence-electron chi connectivity index (χ3n) is 16.7. The van der Waals surface area contributed by atoms with Gasteiger partial charge in [-0.05, 0) is 96.3 Å². The predicted molar refractivity (Wildman–Crippen MR) is 394 cm³/mol. The van der Waals surface area contributed by atoms with Gasteiger partial charge < -0.3 is 14.6 Å². The van der Waals surface area contributed by atoms with Gasteiger partial charge in [0.15, 0.2) is 6.10 Å². The van der Waals surface area contributed by atoms with Gasteiger partial charge in [-0.3, -0.25) is 9.59 Å². The van der Waals surface area contributed by atoms with Crippen LogP contribution in [0.5, 0.6) is 0 Å². The van der Waals surface area contributed by atoms with Crippen LogP contribution in [0, 0.1) is 0 Å². The third-order valence-corrected chi connectivity index (χ3v) is 16.7. The lowest BCUT2D eigenvalue weighted by Gasteiger charge is -2.15. The van der Waals surface area contributed by atoms with Gasteiger partial charge in [-0.15, -0.1) is 0 Å². The SMILES string of the molecule is CC/C=C\C/C=C\C/C=C\C/C=C\C/C=C\C/C=C\C/C=C\C/C=C\C/C=C\C/C=C\C/C=C\CCCCCC(=O)OC(CO)COC(=O)CCCCCCCCCCCCCCCCCCCCCCCCCCCCCCCCCCCCCCCC. The van der Waals surface area contributed by atoms with Crippen LogP contribution in [0.3, 0.4) is 0 Å². The van der Waals surface area contributed by atoms with Crippen LogP contribution in [-0.2, 0) is 19.1 Å². The van der Waals surface area contributed by atoms with Gasteiger partial charge in [-0.2, -0.15) is 0 Å². The van der Waals surface area contributed by atoms with Crippen molar-refractivity contribution in [3.8, 4) is 0 Å². The number of aliphatic hydroxyl groups is 1. The molecule has 1 N–H and O–H groups in total. The van der Waals surface area contributed by atoms with E-state index in [1.165, 1.54) is 225 Å². The highest BCUT2D eigenvalue weighted by Gasteiger charge is 2.16. The van der Waals surface area contributed by atoms with E-state index in [9.17, 15) is 14.7 Å². The van der Waals surface area contributed by atoms with Crippen LogP contribution < -0.4 is 0 Å². The predicted octanol–water partition coefficient (Wildman–Crippen LogP) is 27.0. The quantitative estimate of drug-likeness (QED) is 0.0373. The maximum absolute atomic E-state index is 12.4. The van der Waals surface area contributed by atoms with Crippen LogP contribution >= 0.6 is 0 Å². The average molecular weight is 1230 g/mol. The molecule has 0 aliphatic rings. The van der Waals surface area contributed by atoms with Crippen molar-refractivity contribution in [2.24, 2.45) is 0 Å². The third kappa shape index (κ3) is 76.4. The Morgan fingerprint density at radius 2 is 0.483 bits per heavy atom. The molecule has 0 saturated heterocycles. The number of esters is 2. The van der Waals surface area contributed by atoms with E-state index in [2.05, 4.69) is 148 Å². The molecule has 0 rings (SSSR count). The molecule has 0 aliphatic carbocycles. The molecule has 5 heteroatoms. The van der Waals surface area contributed by atoms with E-state index >= 15 is 0 Å². The monoisotopic (exact) mass is 1230 g/mol. The van der Waals surface area contributed by atoms with Crippen LogP contribution in [0.25, 0.3) is 0 Å². The molecular formula is C84H144O5. The first-order chi connectivity index (χ1) is 44.1. The van der Waals surface area contributed by atoms with Gasteiger partial charge >= 0.3 is 11.9 Å². The molecule has 1 unspecified atom stereocenters. The standard InChI is InChI=1S/C84H144O5/c1-3-5-7-9-11-13-15-17-19-21-23-25-27-29-31-33-35-37-39-41-43-44-46-48-50-52-54-56-58-60-62-64-66-68-70-72-74-76-78-83(86)88-81-82(80-85)89-84(87)79-77-75-73-71-69-67-65-63-61-59-57-55-53-51-49-47-45-42-40-38-36-34-32-30-28-26-24-22-20-18-16-14-12-10-8-6-4-2/h6,8,12,14,18,20,24,26,30,32,36,38,42,45,49,51,55,57,61,63,67,69,82,85H,3-5,7,9-11,13,15-17,19,21-23,25,27-29,31,33-35,37,39-41,43-44,46-48,50,52-54,56,58-60,62,64-66,68,70-81H2,1-2H3/b8-6-,14-12-,20-18-,26-24-,32-30-,38-36-,45-42-,51-49-,57-55-,63-61-,69-67-. The highest BCUT2D eigenvalue weighted by molar-refractivity contribution is 5.70. The molecule has 0 aromatic rings. The van der Waals surface area contributed by atoms with Gasteiger partial charge in [0.25, 0.3) is 0 Å². The second-order valence-corrected chi connectivity index (χ2v) is 25.4. The van der Waals surface area contributed by atoms with E-state index in [1.54, 1.807) is 0 Å². The summed E-state index contributed by atoms with van der Waals surface area (Å²) in [6.07, 6.45) is 117. The Hall–Kier alpha value is -3.96. The van der Waals surface area contributed by atoms with Crippen molar-refractivity contribution in [2.45, 2.75) is 373 Å². The zero-order chi connectivity index (χ0) is 64.0. The first kappa shape index (κ1) is 85.0. The molecule has 0 saturated carbocycles. The van der Waals surface area contributed by atoms with Crippen LogP contribution in [0.15, 0.2) is 134 Å². The molecule has 89 heavy (non-hydrogen) atoms. The maximum atomic E-state index is 12.4. The summed E-state index contributed by atoms with van der Waals surface area (Å²) < 4.78 is 10.7. The number of hydrogen-bond acceptors (Lipinski definition) is 5. The summed E-state index contributed by atoms with van der Waals surface area (Å²) in [5.41, 5.74) is 0. The lowest BCUT2D eigenvalue weighted by atomic mass is 10.0. The Bertz CT molecular complexity index is 1780. The van der Waals surface area contributed by atoms with E-state index < -0.39 is 6.10 Å². The molecular weight excluding hydrogens is 1090 g/mol. The lowest BCUT2D eigenvalue weighted by Crippen LogP contribution is -2.28. The number of unbranched alkanes of at least 4 members (excludes halogenated alkanes) is 40. The van der Waals surface area contributed by atoms with Crippen LogP contribution in [0.1, 0.15) is 367 Å². The van der Waals surface area contributed by atoms with Crippen LogP contribution in [0.2, 0.25) is 0 Å². The van der Waals surface area contributed by atoms with Crippen molar-refractivity contribution in [3.05, 3.63) is 134 Å². The van der Waals surface area contributed by atoms with E-state index in [0.29, 0.717) is 12.8 Å². The Kier molecular flexibility index (Phi) is 74.8. The zero-order valence-electron chi connectivity index (χ0n) is 58.7. The molecule has 0 amide bonds. The maximum Gasteiger partial charge on any atom is 0.306 e. The van der Waals surface area contributed by atoms with Crippen molar-refractivity contribution in [3.63, 3.8) is 0 Å². The second-order valence-electron chi connectivity index (χ2n) is 25.4. The number of rotatable bonds is 70. The lowest BCUT2D eigenvalue weighted by molar-refractivity contribution is -0.161. The van der Waals surface area contributed by atoms with Gasteiger partial charge in [0.2, 0.25) is 0 Å². The number of aliphatic hydroxyl groups excluding tert-OH is 1. The fraction of sp³-hybridized carbons (Fsp3) is 0.714. The molecule has 0 heterocycles. The minimum Gasteiger partial charge on any atom is -0.462 e. The number of hydrogen-bond donors (Lipinski definition) is 1. The molecule has 0 aliphatic heterocycles. The Balaban J connectivity index is 3.52. The van der Waals surface area contributed by atoms with Crippen LogP contribution in [0.4, 0.5) is 0 Å². The molecule has 0 bridgehead atoms. The molecule has 0 aromatic carbocycles. The van der Waals surface area contributed by atoms with E-state index in [1.807, 2.05) is 0 Å². The van der Waals surface area contributed by atoms with Gasteiger partial charge in [0, 0.05) is 12.8 Å². The average Bonchev–Trinajstić information content (AvgIpc) is 3.55. The highest BCUT2D eigenvalue weighted by atomic mass is 16.6. The first-order valence-corrected chi connectivity index (χ1v) is 38.2. The Morgan fingerprint density at radius 3 is 0.730 bits per heavy atom. The number of carbonyl (C=O) groups excluding carboxylic acids is 2. The highest BCUT2D eigenvalue weighted by Crippen LogP contribution is 2.19. The van der Waals surface area contributed by atoms with Gasteiger partial charge in [-0.1, -0.05) is 392 Å². The summed E-state index contributed by atoms with van der Waals surface area (Å²) in [5, 5.41) is 9.71. The Labute approximate surface area is 553 Å². The van der Waals surface area contributed by atoms with E-state index in [-0.39, 0.29) is 25.2 Å². The summed E-state index contributed by atoms with van der Waals surface area (Å²) in [5.74, 6) is -0.623. The Morgan fingerprint density at radius 1 is 0.270 bits per heavy atom. The number of carbonyl (C=O) groups is 2. The van der Waals surface area contributed by atoms with Gasteiger partial charge in [-0.25, -0.2) is 0 Å². The molecule has 0 spiro atoms. The first-order valence-electron chi connectivity index (χ1n) is 38.2. The zero-order valence-corrected chi connectivity index (χ0v) is 58.7. The van der Waals surface area contributed by atoms with Gasteiger partial charge in [0.1, 0.15) is 6.61 Å². The molecule has 0 radical (unpaired) electrons. The molecule has 5 nitrogen and oxygen atoms in total. The molecule has 1 atom stereocenters. The van der Waals surface area contributed by atoms with Gasteiger partial charge in [0.05, 0.1) is 6.61 Å².